The van der Waals surface area contributed by atoms with E-state index in [2.05, 4.69) is 27.6 Å². The van der Waals surface area contributed by atoms with Crippen molar-refractivity contribution in [2.75, 3.05) is 18.4 Å². The second-order valence-electron chi connectivity index (χ2n) is 4.38. The van der Waals surface area contributed by atoms with Crippen LogP contribution in [0.2, 0.25) is 0 Å². The summed E-state index contributed by atoms with van der Waals surface area (Å²) in [5.41, 5.74) is 1.34. The highest BCUT2D eigenvalue weighted by Crippen LogP contribution is 2.07. The highest BCUT2D eigenvalue weighted by atomic mass is 16.1. The van der Waals surface area contributed by atoms with Gasteiger partial charge in [0, 0.05) is 37.4 Å². The predicted molar refractivity (Wildman–Crippen MR) is 77.6 cm³/mol. The number of nitrogens with zero attached hydrogens (tertiary/aromatic N) is 3. The molecule has 0 atom stereocenters. The Bertz CT molecular complexity index is 538. The van der Waals surface area contributed by atoms with E-state index in [9.17, 15) is 4.79 Å². The van der Waals surface area contributed by atoms with Gasteiger partial charge >= 0.3 is 0 Å². The molecule has 0 aliphatic carbocycles. The topological polar surface area (TPSA) is 71.8 Å². The maximum absolute atomic E-state index is 12.0. The van der Waals surface area contributed by atoms with E-state index < -0.39 is 0 Å². The van der Waals surface area contributed by atoms with Gasteiger partial charge in [-0.1, -0.05) is 6.92 Å². The molecule has 0 fully saturated rings. The minimum atomic E-state index is -0.169. The van der Waals surface area contributed by atoms with Crippen LogP contribution in [-0.2, 0) is 6.54 Å². The number of nitrogens with one attached hydrogen (secondary N) is 2. The molecule has 6 nitrogen and oxygen atoms in total. The first-order chi connectivity index (χ1) is 9.79. The van der Waals surface area contributed by atoms with Crippen LogP contribution in [0.3, 0.4) is 0 Å². The van der Waals surface area contributed by atoms with E-state index in [1.54, 1.807) is 23.1 Å². The molecule has 0 aromatic carbocycles. The van der Waals surface area contributed by atoms with Crippen LogP contribution in [0, 0.1) is 0 Å². The van der Waals surface area contributed by atoms with Crippen LogP contribution in [0.15, 0.2) is 36.8 Å². The number of hydrogen-bond donors (Lipinski definition) is 2. The second kappa shape index (κ2) is 7.28. The first-order valence-corrected chi connectivity index (χ1v) is 6.75. The molecule has 2 rings (SSSR count). The number of carbonyl (C=O) groups excluding carboxylic acids is 1. The summed E-state index contributed by atoms with van der Waals surface area (Å²) < 4.78 is 1.77. The quantitative estimate of drug-likeness (QED) is 0.802. The Balaban J connectivity index is 1.85. The number of aromatic nitrogens is 3. The van der Waals surface area contributed by atoms with Gasteiger partial charge in [-0.05, 0) is 24.6 Å². The molecule has 0 aliphatic heterocycles. The van der Waals surface area contributed by atoms with Gasteiger partial charge in [0.15, 0.2) is 0 Å². The van der Waals surface area contributed by atoms with Crippen LogP contribution < -0.4 is 10.6 Å². The van der Waals surface area contributed by atoms with E-state index in [0.717, 1.165) is 18.7 Å². The summed E-state index contributed by atoms with van der Waals surface area (Å²) in [5, 5.41) is 10.1. The average Bonchev–Trinajstić information content (AvgIpc) is 2.98. The number of rotatable bonds is 7. The van der Waals surface area contributed by atoms with Crippen molar-refractivity contribution in [1.82, 2.24) is 20.1 Å². The Hall–Kier alpha value is -2.37. The SMILES string of the molecule is CCCNc1ccnc(C(=O)NCCn2cccn2)c1. The lowest BCUT2D eigenvalue weighted by atomic mass is 10.3. The predicted octanol–water partition coefficient (Wildman–Crippen LogP) is 1.53. The molecule has 106 valence electrons. The molecule has 2 aromatic heterocycles. The number of pyridine rings is 1. The van der Waals surface area contributed by atoms with E-state index >= 15 is 0 Å². The van der Waals surface area contributed by atoms with Gasteiger partial charge in [0.2, 0.25) is 0 Å². The molecule has 0 saturated heterocycles. The maximum atomic E-state index is 12.0. The van der Waals surface area contributed by atoms with Gasteiger partial charge in [-0.25, -0.2) is 0 Å². The lowest BCUT2D eigenvalue weighted by Crippen LogP contribution is -2.28. The first-order valence-electron chi connectivity index (χ1n) is 6.75. The molecule has 0 radical (unpaired) electrons. The van der Waals surface area contributed by atoms with Crippen molar-refractivity contribution in [3.63, 3.8) is 0 Å². The Morgan fingerprint density at radius 3 is 3.00 bits per heavy atom. The zero-order chi connectivity index (χ0) is 14.2. The number of hydrogen-bond acceptors (Lipinski definition) is 4. The third kappa shape index (κ3) is 4.08. The third-order valence-corrected chi connectivity index (χ3v) is 2.76. The zero-order valence-corrected chi connectivity index (χ0v) is 11.5. The molecule has 2 aromatic rings. The van der Waals surface area contributed by atoms with Crippen LogP contribution in [-0.4, -0.2) is 33.8 Å². The zero-order valence-electron chi connectivity index (χ0n) is 11.5. The van der Waals surface area contributed by atoms with Gasteiger partial charge in [0.1, 0.15) is 5.69 Å². The first kappa shape index (κ1) is 14.0. The van der Waals surface area contributed by atoms with Gasteiger partial charge in [0.05, 0.1) is 6.54 Å². The normalized spacial score (nSPS) is 10.2. The lowest BCUT2D eigenvalue weighted by molar-refractivity contribution is 0.0947. The van der Waals surface area contributed by atoms with Crippen molar-refractivity contribution >= 4 is 11.6 Å². The van der Waals surface area contributed by atoms with Gasteiger partial charge in [0.25, 0.3) is 5.91 Å². The van der Waals surface area contributed by atoms with E-state index in [1.807, 2.05) is 18.3 Å². The molecular formula is C14H19N5O. The largest absolute Gasteiger partial charge is 0.385 e. The average molecular weight is 273 g/mol. The van der Waals surface area contributed by atoms with Crippen molar-refractivity contribution in [2.24, 2.45) is 0 Å². The Morgan fingerprint density at radius 2 is 2.25 bits per heavy atom. The molecule has 2 N–H and O–H groups in total. The van der Waals surface area contributed by atoms with Crippen molar-refractivity contribution in [3.8, 4) is 0 Å². The van der Waals surface area contributed by atoms with Gasteiger partial charge in [-0.2, -0.15) is 5.10 Å². The summed E-state index contributed by atoms with van der Waals surface area (Å²) in [5.74, 6) is -0.169. The summed E-state index contributed by atoms with van der Waals surface area (Å²) in [6.07, 6.45) is 6.25. The van der Waals surface area contributed by atoms with Crippen LogP contribution in [0.5, 0.6) is 0 Å². The molecule has 1 amide bonds. The van der Waals surface area contributed by atoms with Crippen LogP contribution in [0.4, 0.5) is 5.69 Å². The second-order valence-corrected chi connectivity index (χ2v) is 4.38. The third-order valence-electron chi connectivity index (χ3n) is 2.76. The summed E-state index contributed by atoms with van der Waals surface area (Å²) >= 11 is 0. The van der Waals surface area contributed by atoms with Gasteiger partial charge in [-0.3, -0.25) is 14.5 Å². The summed E-state index contributed by atoms with van der Waals surface area (Å²) in [6, 6.07) is 5.47. The van der Waals surface area contributed by atoms with Crippen molar-refractivity contribution in [2.45, 2.75) is 19.9 Å². The molecular weight excluding hydrogens is 254 g/mol. The fourth-order valence-corrected chi connectivity index (χ4v) is 1.74. The summed E-state index contributed by atoms with van der Waals surface area (Å²) in [4.78, 5) is 16.1. The molecule has 2 heterocycles. The van der Waals surface area contributed by atoms with E-state index in [4.69, 9.17) is 0 Å². The molecule has 0 aliphatic rings. The lowest BCUT2D eigenvalue weighted by Gasteiger charge is -2.07. The smallest absolute Gasteiger partial charge is 0.270 e. The van der Waals surface area contributed by atoms with Gasteiger partial charge in [-0.15, -0.1) is 0 Å². The highest BCUT2D eigenvalue weighted by molar-refractivity contribution is 5.93. The van der Waals surface area contributed by atoms with Crippen LogP contribution in [0.1, 0.15) is 23.8 Å². The minimum Gasteiger partial charge on any atom is -0.385 e. The van der Waals surface area contributed by atoms with E-state index in [-0.39, 0.29) is 5.91 Å². The Kier molecular flexibility index (Phi) is 5.11. The minimum absolute atomic E-state index is 0.169. The molecule has 6 heteroatoms. The van der Waals surface area contributed by atoms with E-state index in [1.165, 1.54) is 0 Å². The fraction of sp³-hybridized carbons (Fsp3) is 0.357. The van der Waals surface area contributed by atoms with Crippen molar-refractivity contribution < 1.29 is 4.79 Å². The molecule has 20 heavy (non-hydrogen) atoms. The van der Waals surface area contributed by atoms with Crippen molar-refractivity contribution in [1.29, 1.82) is 0 Å². The number of anilines is 1. The number of carbonyl (C=O) groups is 1. The fourth-order valence-electron chi connectivity index (χ4n) is 1.74. The van der Waals surface area contributed by atoms with E-state index in [0.29, 0.717) is 18.8 Å². The Labute approximate surface area is 118 Å². The highest BCUT2D eigenvalue weighted by Gasteiger charge is 2.07. The monoisotopic (exact) mass is 273 g/mol. The number of amides is 1. The molecule has 0 bridgehead atoms. The Morgan fingerprint density at radius 1 is 1.35 bits per heavy atom. The molecule has 0 spiro atoms. The summed E-state index contributed by atoms with van der Waals surface area (Å²) in [7, 11) is 0. The van der Waals surface area contributed by atoms with Crippen LogP contribution in [0.25, 0.3) is 0 Å². The maximum Gasteiger partial charge on any atom is 0.270 e. The molecule has 0 saturated carbocycles. The van der Waals surface area contributed by atoms with Crippen molar-refractivity contribution in [3.05, 3.63) is 42.5 Å². The standard InChI is InChI=1S/C14H19N5O/c1-2-5-15-12-4-7-16-13(11-12)14(20)17-8-10-19-9-3-6-18-19/h3-4,6-7,9,11H,2,5,8,10H2,1H3,(H,15,16)(H,17,20). The summed E-state index contributed by atoms with van der Waals surface area (Å²) in [6.45, 7) is 4.14. The van der Waals surface area contributed by atoms with Crippen LogP contribution >= 0.6 is 0 Å². The molecule has 0 unspecified atom stereocenters. The van der Waals surface area contributed by atoms with Gasteiger partial charge < -0.3 is 10.6 Å².